The summed E-state index contributed by atoms with van der Waals surface area (Å²) in [6.45, 7) is 2.89. The van der Waals surface area contributed by atoms with Gasteiger partial charge in [0.2, 0.25) is 5.82 Å². The van der Waals surface area contributed by atoms with Crippen LogP contribution in [-0.4, -0.2) is 44.6 Å². The Kier molecular flexibility index (Phi) is 6.84. The molecule has 1 aliphatic rings. The molecule has 2 N–H and O–H groups in total. The van der Waals surface area contributed by atoms with E-state index in [9.17, 15) is 13.6 Å². The van der Waals surface area contributed by atoms with Gasteiger partial charge < -0.3 is 5.73 Å². The second kappa shape index (κ2) is 10.2. The normalized spacial score (nSPS) is 15.5. The monoisotopic (exact) mass is 501 g/mol. The van der Waals surface area contributed by atoms with Crippen molar-refractivity contribution in [2.24, 2.45) is 5.73 Å². The molecule has 0 spiro atoms. The maximum Gasteiger partial charge on any atom is 0.288 e. The van der Waals surface area contributed by atoms with E-state index in [1.54, 1.807) is 11.6 Å². The molecule has 4 aromatic rings. The van der Waals surface area contributed by atoms with Crippen LogP contribution in [0.5, 0.6) is 0 Å². The summed E-state index contributed by atoms with van der Waals surface area (Å²) in [5.41, 5.74) is 11.7. The van der Waals surface area contributed by atoms with Crippen LogP contribution in [0.1, 0.15) is 46.0 Å². The molecule has 8 heteroatoms. The number of alkyl halides is 2. The maximum absolute atomic E-state index is 13.7. The first-order chi connectivity index (χ1) is 17.8. The van der Waals surface area contributed by atoms with Gasteiger partial charge in [0, 0.05) is 13.0 Å². The van der Waals surface area contributed by atoms with Crippen molar-refractivity contribution < 1.29 is 13.6 Å². The Morgan fingerprint density at radius 1 is 0.919 bits per heavy atom. The van der Waals surface area contributed by atoms with Crippen LogP contribution in [0.25, 0.3) is 16.8 Å². The third-order valence-corrected chi connectivity index (χ3v) is 6.70. The van der Waals surface area contributed by atoms with Crippen molar-refractivity contribution in [3.8, 4) is 16.8 Å². The van der Waals surface area contributed by atoms with Crippen LogP contribution < -0.4 is 5.73 Å². The minimum atomic E-state index is -2.57. The minimum Gasteiger partial charge on any atom is -0.363 e. The van der Waals surface area contributed by atoms with Gasteiger partial charge >= 0.3 is 0 Å². The molecule has 1 amide bonds. The zero-order chi connectivity index (χ0) is 26.0. The average Bonchev–Trinajstić information content (AvgIpc) is 3.27. The second-order valence-electron chi connectivity index (χ2n) is 9.67. The summed E-state index contributed by atoms with van der Waals surface area (Å²) in [5.74, 6) is -2.63. The molecule has 0 saturated carbocycles. The molecule has 2 heterocycles. The number of amides is 1. The average molecular weight is 502 g/mol. The van der Waals surface area contributed by atoms with Crippen LogP contribution in [-0.2, 0) is 13.0 Å². The lowest BCUT2D eigenvalue weighted by molar-refractivity contribution is -0.0661. The summed E-state index contributed by atoms with van der Waals surface area (Å²) in [7, 11) is 0. The van der Waals surface area contributed by atoms with E-state index in [2.05, 4.69) is 46.5 Å². The van der Waals surface area contributed by atoms with Gasteiger partial charge in [-0.2, -0.15) is 0 Å². The summed E-state index contributed by atoms with van der Waals surface area (Å²) in [5, 5.41) is 4.17. The summed E-state index contributed by atoms with van der Waals surface area (Å²) in [6, 6.07) is 24.6. The van der Waals surface area contributed by atoms with Gasteiger partial charge in [-0.05, 0) is 66.3 Å². The molecule has 190 valence electrons. The molecular formula is C29H29F2N5O. The lowest BCUT2D eigenvalue weighted by Gasteiger charge is -2.32. The zero-order valence-corrected chi connectivity index (χ0v) is 20.7. The first-order valence-electron chi connectivity index (χ1n) is 12.4. The Morgan fingerprint density at radius 2 is 1.49 bits per heavy atom. The van der Waals surface area contributed by atoms with Gasteiger partial charge in [-0.15, -0.1) is 5.10 Å². The third-order valence-electron chi connectivity index (χ3n) is 6.70. The fraction of sp³-hybridized carbons (Fsp3) is 0.276. The van der Waals surface area contributed by atoms with Crippen molar-refractivity contribution in [2.75, 3.05) is 13.1 Å². The highest BCUT2D eigenvalue weighted by Gasteiger charge is 2.34. The number of likely N-dealkylation sites (tertiary alicyclic amines) is 1. The number of nitrogens with two attached hydrogens (primary N) is 1. The highest BCUT2D eigenvalue weighted by molar-refractivity contribution is 5.88. The summed E-state index contributed by atoms with van der Waals surface area (Å²) < 4.78 is 29.0. The fourth-order valence-electron chi connectivity index (χ4n) is 4.79. The van der Waals surface area contributed by atoms with Crippen molar-refractivity contribution >= 4 is 5.91 Å². The number of primary amides is 1. The number of aryl methyl sites for hydroxylation is 1. The highest BCUT2D eigenvalue weighted by Crippen LogP contribution is 2.28. The predicted molar refractivity (Wildman–Crippen MR) is 139 cm³/mol. The van der Waals surface area contributed by atoms with Crippen molar-refractivity contribution in [2.45, 2.75) is 38.7 Å². The lowest BCUT2D eigenvalue weighted by atomic mass is 9.99. The first-order valence-corrected chi connectivity index (χ1v) is 12.4. The van der Waals surface area contributed by atoms with Crippen LogP contribution in [0.2, 0.25) is 0 Å². The van der Waals surface area contributed by atoms with Crippen LogP contribution >= 0.6 is 0 Å². The second-order valence-corrected chi connectivity index (χ2v) is 9.67. The molecule has 1 aliphatic heterocycles. The molecule has 6 nitrogen and oxygen atoms in total. The SMILES string of the molecule is Cc1nc(C(N)=O)nn1-c1ccc(Cc2ccc(-c3ccc(CN4CCCC(F)(F)C4)cc3)cc2)cc1. The molecule has 5 rings (SSSR count). The first kappa shape index (κ1) is 24.8. The topological polar surface area (TPSA) is 77.0 Å². The molecule has 0 unspecified atom stereocenters. The summed E-state index contributed by atoms with van der Waals surface area (Å²) in [4.78, 5) is 17.3. The number of hydrogen-bond acceptors (Lipinski definition) is 4. The molecule has 1 saturated heterocycles. The Hall–Kier alpha value is -3.91. The highest BCUT2D eigenvalue weighted by atomic mass is 19.3. The number of nitrogens with zero attached hydrogens (tertiary/aromatic N) is 4. The van der Waals surface area contributed by atoms with Crippen molar-refractivity contribution in [1.82, 2.24) is 19.7 Å². The van der Waals surface area contributed by atoms with E-state index < -0.39 is 11.8 Å². The molecule has 0 atom stereocenters. The van der Waals surface area contributed by atoms with E-state index in [4.69, 9.17) is 5.73 Å². The van der Waals surface area contributed by atoms with Gasteiger partial charge in [0.05, 0.1) is 12.2 Å². The molecule has 0 aliphatic carbocycles. The zero-order valence-electron chi connectivity index (χ0n) is 20.7. The van der Waals surface area contributed by atoms with Gasteiger partial charge in [0.25, 0.3) is 11.8 Å². The molecule has 1 fully saturated rings. The minimum absolute atomic E-state index is 0.00274. The third kappa shape index (κ3) is 5.91. The van der Waals surface area contributed by atoms with E-state index in [-0.39, 0.29) is 18.8 Å². The van der Waals surface area contributed by atoms with Crippen LogP contribution in [0, 0.1) is 6.92 Å². The number of aromatic nitrogens is 3. The van der Waals surface area contributed by atoms with Crippen LogP contribution in [0.3, 0.4) is 0 Å². The Labute approximate surface area is 214 Å². The van der Waals surface area contributed by atoms with E-state index in [1.807, 2.05) is 41.3 Å². The maximum atomic E-state index is 13.7. The Balaban J connectivity index is 1.21. The lowest BCUT2D eigenvalue weighted by Crippen LogP contribution is -2.41. The van der Waals surface area contributed by atoms with E-state index in [0.717, 1.165) is 40.9 Å². The van der Waals surface area contributed by atoms with Gasteiger partial charge in [-0.3, -0.25) is 9.69 Å². The molecular weight excluding hydrogens is 472 g/mol. The number of halogens is 2. The van der Waals surface area contributed by atoms with Gasteiger partial charge in [0.15, 0.2) is 0 Å². The fourth-order valence-corrected chi connectivity index (χ4v) is 4.79. The number of carbonyl (C=O) groups is 1. The molecule has 1 aromatic heterocycles. The Morgan fingerprint density at radius 3 is 2.03 bits per heavy atom. The van der Waals surface area contributed by atoms with Crippen LogP contribution in [0.15, 0.2) is 72.8 Å². The summed E-state index contributed by atoms with van der Waals surface area (Å²) >= 11 is 0. The number of rotatable bonds is 7. The quantitative estimate of drug-likeness (QED) is 0.379. The summed E-state index contributed by atoms with van der Waals surface area (Å²) in [6.07, 6.45) is 1.31. The molecule has 0 radical (unpaired) electrons. The number of piperidine rings is 1. The van der Waals surface area contributed by atoms with Crippen molar-refractivity contribution in [1.29, 1.82) is 0 Å². The number of benzene rings is 3. The molecule has 0 bridgehead atoms. The van der Waals surface area contributed by atoms with Crippen molar-refractivity contribution in [3.05, 3.63) is 101 Å². The predicted octanol–water partition coefficient (Wildman–Crippen LogP) is 5.16. The smallest absolute Gasteiger partial charge is 0.288 e. The largest absolute Gasteiger partial charge is 0.363 e. The van der Waals surface area contributed by atoms with Gasteiger partial charge in [0.1, 0.15) is 5.82 Å². The van der Waals surface area contributed by atoms with Gasteiger partial charge in [-0.25, -0.2) is 18.4 Å². The van der Waals surface area contributed by atoms with E-state index in [0.29, 0.717) is 18.8 Å². The van der Waals surface area contributed by atoms with Gasteiger partial charge in [-0.1, -0.05) is 60.7 Å². The van der Waals surface area contributed by atoms with Crippen LogP contribution in [0.4, 0.5) is 8.78 Å². The standard InChI is InChI=1S/C29H29F2N5O/c1-20-33-28(27(32)37)34-36(20)26-13-7-22(8-14-26)17-21-3-9-24(10-4-21)25-11-5-23(6-12-25)18-35-16-2-15-29(30,31)19-35/h3-14H,2,15-19H2,1H3,(H2,32,37). The Bertz CT molecular complexity index is 1380. The molecule has 37 heavy (non-hydrogen) atoms. The van der Waals surface area contributed by atoms with Crippen molar-refractivity contribution in [3.63, 3.8) is 0 Å². The van der Waals surface area contributed by atoms with E-state index >= 15 is 0 Å². The number of carbonyl (C=O) groups excluding carboxylic acids is 1. The number of hydrogen-bond donors (Lipinski definition) is 1. The van der Waals surface area contributed by atoms with E-state index in [1.165, 1.54) is 5.56 Å². The molecule has 3 aromatic carbocycles.